The van der Waals surface area contributed by atoms with Crippen LogP contribution >= 0.6 is 11.3 Å². The van der Waals surface area contributed by atoms with E-state index in [4.69, 9.17) is 4.74 Å². The first-order valence-corrected chi connectivity index (χ1v) is 6.49. The lowest BCUT2D eigenvalue weighted by atomic mass is 10.3. The van der Waals surface area contributed by atoms with Gasteiger partial charge in [0.1, 0.15) is 0 Å². The number of aliphatic hydroxyl groups excluding tert-OH is 1. The molecule has 7 nitrogen and oxygen atoms in total. The first kappa shape index (κ1) is 13.5. The summed E-state index contributed by atoms with van der Waals surface area (Å²) in [4.78, 5) is 10.9. The molecule has 0 aliphatic heterocycles. The van der Waals surface area contributed by atoms with E-state index >= 15 is 0 Å². The largest absolute Gasteiger partial charge is 0.437 e. The van der Waals surface area contributed by atoms with Gasteiger partial charge < -0.3 is 9.84 Å². The van der Waals surface area contributed by atoms with E-state index in [0.717, 1.165) is 11.3 Å². The molecule has 8 heteroatoms. The average molecular weight is 283 g/mol. The van der Waals surface area contributed by atoms with Gasteiger partial charge in [-0.25, -0.2) is 0 Å². The van der Waals surface area contributed by atoms with Crippen LogP contribution in [0.4, 0.5) is 5.69 Å². The lowest BCUT2D eigenvalue weighted by Crippen LogP contribution is -1.92. The fourth-order valence-corrected chi connectivity index (χ4v) is 2.40. The van der Waals surface area contributed by atoms with E-state index < -0.39 is 11.0 Å². The van der Waals surface area contributed by atoms with Gasteiger partial charge in [-0.3, -0.25) is 14.8 Å². The van der Waals surface area contributed by atoms with Gasteiger partial charge in [0.15, 0.2) is 5.75 Å². The fraction of sp³-hybridized carbons (Fsp3) is 0.364. The summed E-state index contributed by atoms with van der Waals surface area (Å²) in [6.07, 6.45) is 2.39. The van der Waals surface area contributed by atoms with Gasteiger partial charge in [-0.15, -0.1) is 0 Å². The van der Waals surface area contributed by atoms with Crippen LogP contribution in [-0.2, 0) is 6.54 Å². The molecule has 102 valence electrons. The molecule has 0 amide bonds. The van der Waals surface area contributed by atoms with Crippen LogP contribution in [0.5, 0.6) is 10.8 Å². The maximum Gasteiger partial charge on any atom is 0.323 e. The number of thiophene rings is 1. The summed E-state index contributed by atoms with van der Waals surface area (Å²) in [6.45, 7) is 4.17. The fourth-order valence-electron chi connectivity index (χ4n) is 1.47. The number of aliphatic hydroxyl groups is 1. The van der Waals surface area contributed by atoms with Gasteiger partial charge in [0.2, 0.25) is 0 Å². The van der Waals surface area contributed by atoms with E-state index in [1.54, 1.807) is 17.8 Å². The molecular weight excluding hydrogens is 270 g/mol. The summed E-state index contributed by atoms with van der Waals surface area (Å²) < 4.78 is 7.12. The predicted molar refractivity (Wildman–Crippen MR) is 69.6 cm³/mol. The van der Waals surface area contributed by atoms with Gasteiger partial charge in [-0.05, 0) is 13.8 Å². The Labute approximate surface area is 113 Å². The summed E-state index contributed by atoms with van der Waals surface area (Å²) in [5.74, 6) is 0.434. The number of rotatable bonds is 5. The van der Waals surface area contributed by atoms with Crippen molar-refractivity contribution in [1.29, 1.82) is 0 Å². The van der Waals surface area contributed by atoms with E-state index in [0.29, 0.717) is 17.2 Å². The zero-order valence-corrected chi connectivity index (χ0v) is 11.3. The highest BCUT2D eigenvalue weighted by Gasteiger charge is 2.23. The standard InChI is InChI=1S/C11H13N3O4S/c1-3-13-6-8(5-12-13)18-11-9(14(16)17)4-10(19-11)7(2)15/h4-7,15H,3H2,1-2H3. The molecular formula is C11H13N3O4S. The Balaban J connectivity index is 2.30. The Morgan fingerprint density at radius 2 is 2.42 bits per heavy atom. The second-order valence-electron chi connectivity index (χ2n) is 3.89. The lowest BCUT2D eigenvalue weighted by Gasteiger charge is -1.98. The molecule has 0 aliphatic carbocycles. The third-order valence-electron chi connectivity index (χ3n) is 2.45. The quantitative estimate of drug-likeness (QED) is 0.673. The molecule has 2 aromatic heterocycles. The first-order valence-electron chi connectivity index (χ1n) is 5.67. The van der Waals surface area contributed by atoms with Crippen molar-refractivity contribution in [2.24, 2.45) is 0 Å². The van der Waals surface area contributed by atoms with E-state index in [-0.39, 0.29) is 10.8 Å². The summed E-state index contributed by atoms with van der Waals surface area (Å²) >= 11 is 1.06. The second kappa shape index (κ2) is 5.37. The van der Waals surface area contributed by atoms with Crippen molar-refractivity contribution in [3.8, 4) is 10.8 Å². The zero-order chi connectivity index (χ0) is 14.0. The van der Waals surface area contributed by atoms with E-state index in [2.05, 4.69) is 5.10 Å². The van der Waals surface area contributed by atoms with Crippen molar-refractivity contribution in [2.45, 2.75) is 26.5 Å². The minimum atomic E-state index is -0.764. The van der Waals surface area contributed by atoms with Crippen molar-refractivity contribution in [1.82, 2.24) is 9.78 Å². The maximum atomic E-state index is 10.9. The van der Waals surface area contributed by atoms with Gasteiger partial charge in [-0.2, -0.15) is 5.10 Å². The van der Waals surface area contributed by atoms with E-state index in [1.807, 2.05) is 6.92 Å². The molecule has 2 aromatic rings. The van der Waals surface area contributed by atoms with Crippen molar-refractivity contribution < 1.29 is 14.8 Å². The first-order chi connectivity index (χ1) is 9.01. The molecule has 1 N–H and O–H groups in total. The smallest absolute Gasteiger partial charge is 0.323 e. The maximum absolute atomic E-state index is 10.9. The van der Waals surface area contributed by atoms with Gasteiger partial charge >= 0.3 is 5.69 Å². The Hall–Kier alpha value is -1.93. The third-order valence-corrected chi connectivity index (χ3v) is 3.62. The Morgan fingerprint density at radius 1 is 1.68 bits per heavy atom. The monoisotopic (exact) mass is 283 g/mol. The summed E-state index contributed by atoms with van der Waals surface area (Å²) in [5.41, 5.74) is -0.148. The SMILES string of the molecule is CCn1cc(Oc2sc(C(C)O)cc2[N+](=O)[O-])cn1. The number of nitrogens with zero attached hydrogens (tertiary/aromatic N) is 3. The molecule has 0 aromatic carbocycles. The molecule has 1 unspecified atom stereocenters. The summed E-state index contributed by atoms with van der Waals surface area (Å²) in [6, 6.07) is 1.33. The summed E-state index contributed by atoms with van der Waals surface area (Å²) in [5, 5.41) is 24.6. The van der Waals surface area contributed by atoms with E-state index in [1.165, 1.54) is 12.3 Å². The van der Waals surface area contributed by atoms with Crippen LogP contribution in [0.25, 0.3) is 0 Å². The number of aryl methyl sites for hydroxylation is 1. The normalized spacial score (nSPS) is 12.4. The molecule has 19 heavy (non-hydrogen) atoms. The lowest BCUT2D eigenvalue weighted by molar-refractivity contribution is -0.385. The number of ether oxygens (including phenoxy) is 1. The zero-order valence-electron chi connectivity index (χ0n) is 10.4. The molecule has 2 rings (SSSR count). The molecule has 0 spiro atoms. The van der Waals surface area contributed by atoms with Crippen LogP contribution < -0.4 is 4.74 Å². The van der Waals surface area contributed by atoms with Crippen molar-refractivity contribution in [3.05, 3.63) is 33.5 Å². The van der Waals surface area contributed by atoms with E-state index in [9.17, 15) is 15.2 Å². The van der Waals surface area contributed by atoms with Crippen LogP contribution in [0.3, 0.4) is 0 Å². The number of nitro groups is 1. The molecule has 1 atom stereocenters. The van der Waals surface area contributed by atoms with Crippen LogP contribution in [0, 0.1) is 10.1 Å². The van der Waals surface area contributed by atoms with Gasteiger partial charge in [-0.1, -0.05) is 11.3 Å². The van der Waals surface area contributed by atoms with Crippen LogP contribution in [0.1, 0.15) is 24.8 Å². The highest BCUT2D eigenvalue weighted by atomic mass is 32.1. The molecule has 0 saturated heterocycles. The van der Waals surface area contributed by atoms with Crippen molar-refractivity contribution >= 4 is 17.0 Å². The second-order valence-corrected chi connectivity index (χ2v) is 4.93. The molecule has 0 fully saturated rings. The number of hydrogen-bond donors (Lipinski definition) is 1. The number of aromatic nitrogens is 2. The molecule has 0 saturated carbocycles. The Morgan fingerprint density at radius 3 is 2.95 bits per heavy atom. The van der Waals surface area contributed by atoms with Gasteiger partial charge in [0.25, 0.3) is 5.06 Å². The molecule has 0 bridgehead atoms. The molecule has 0 aliphatic rings. The Bertz CT molecular complexity index is 591. The topological polar surface area (TPSA) is 90.4 Å². The van der Waals surface area contributed by atoms with Crippen LogP contribution in [0.2, 0.25) is 0 Å². The minimum absolute atomic E-state index is 0.148. The molecule has 0 radical (unpaired) electrons. The minimum Gasteiger partial charge on any atom is -0.437 e. The van der Waals surface area contributed by atoms with Gasteiger partial charge in [0, 0.05) is 17.5 Å². The molecule has 2 heterocycles. The highest BCUT2D eigenvalue weighted by molar-refractivity contribution is 7.14. The highest BCUT2D eigenvalue weighted by Crippen LogP contribution is 2.41. The Kier molecular flexibility index (Phi) is 3.82. The van der Waals surface area contributed by atoms with Crippen molar-refractivity contribution in [3.63, 3.8) is 0 Å². The number of hydrogen-bond acceptors (Lipinski definition) is 6. The van der Waals surface area contributed by atoms with Crippen molar-refractivity contribution in [2.75, 3.05) is 0 Å². The average Bonchev–Trinajstić information content (AvgIpc) is 2.96. The third kappa shape index (κ3) is 2.91. The van der Waals surface area contributed by atoms with Crippen LogP contribution in [0.15, 0.2) is 18.5 Å². The van der Waals surface area contributed by atoms with Crippen LogP contribution in [-0.4, -0.2) is 19.8 Å². The van der Waals surface area contributed by atoms with Gasteiger partial charge in [0.05, 0.1) is 23.4 Å². The summed E-state index contributed by atoms with van der Waals surface area (Å²) in [7, 11) is 0. The predicted octanol–water partition coefficient (Wildman–Crippen LogP) is 2.72.